The van der Waals surface area contributed by atoms with Gasteiger partial charge in [0, 0.05) is 38.2 Å². The maximum atomic E-state index is 12.9. The summed E-state index contributed by atoms with van der Waals surface area (Å²) < 4.78 is 0. The van der Waals surface area contributed by atoms with Crippen molar-refractivity contribution in [3.05, 3.63) is 48.0 Å². The second-order valence-corrected chi connectivity index (χ2v) is 6.45. The fourth-order valence-corrected chi connectivity index (χ4v) is 3.38. The van der Waals surface area contributed by atoms with E-state index in [9.17, 15) is 9.59 Å². The topological polar surface area (TPSA) is 40.6 Å². The van der Waals surface area contributed by atoms with Crippen LogP contribution in [-0.4, -0.2) is 48.3 Å². The quantitative estimate of drug-likeness (QED) is 0.870. The van der Waals surface area contributed by atoms with Gasteiger partial charge in [-0.3, -0.25) is 9.59 Å². The van der Waals surface area contributed by atoms with Crippen LogP contribution in [0.3, 0.4) is 0 Å². The Morgan fingerprint density at radius 2 is 1.75 bits per heavy atom. The van der Waals surface area contributed by atoms with Gasteiger partial charge in [0.25, 0.3) is 5.91 Å². The van der Waals surface area contributed by atoms with E-state index in [0.29, 0.717) is 13.1 Å². The average Bonchev–Trinajstić information content (AvgIpc) is 2.66. The zero-order valence-electron chi connectivity index (χ0n) is 14.4. The summed E-state index contributed by atoms with van der Waals surface area (Å²) in [6.07, 6.45) is 1.50. The predicted octanol–water partition coefficient (Wildman–Crippen LogP) is 3.17. The third-order valence-electron chi connectivity index (χ3n) is 5.00. The Hall–Kier alpha value is -2.36. The van der Waals surface area contributed by atoms with Gasteiger partial charge in [-0.15, -0.1) is 0 Å². The first-order valence-corrected chi connectivity index (χ1v) is 8.64. The summed E-state index contributed by atoms with van der Waals surface area (Å²) in [5.74, 6) is 0.322. The molecule has 0 aliphatic carbocycles. The molecule has 0 radical (unpaired) electrons. The third kappa shape index (κ3) is 3.14. The molecule has 0 N–H and O–H groups in total. The highest BCUT2D eigenvalue weighted by atomic mass is 16.2. The molecule has 1 fully saturated rings. The van der Waals surface area contributed by atoms with Crippen LogP contribution >= 0.6 is 0 Å². The van der Waals surface area contributed by atoms with Crippen molar-refractivity contribution in [2.45, 2.75) is 19.8 Å². The molecule has 0 unspecified atom stereocenters. The van der Waals surface area contributed by atoms with Crippen LogP contribution in [0.4, 0.5) is 0 Å². The van der Waals surface area contributed by atoms with E-state index in [1.165, 1.54) is 0 Å². The fourth-order valence-electron chi connectivity index (χ4n) is 3.38. The number of amides is 2. The summed E-state index contributed by atoms with van der Waals surface area (Å²) in [5.41, 5.74) is 0.753. The van der Waals surface area contributed by atoms with E-state index < -0.39 is 0 Å². The first-order chi connectivity index (χ1) is 11.6. The van der Waals surface area contributed by atoms with Crippen LogP contribution in [0.15, 0.2) is 42.5 Å². The third-order valence-corrected chi connectivity index (χ3v) is 5.00. The minimum atomic E-state index is 0.0477. The van der Waals surface area contributed by atoms with Crippen molar-refractivity contribution in [3.63, 3.8) is 0 Å². The van der Waals surface area contributed by atoms with Crippen molar-refractivity contribution in [2.24, 2.45) is 5.92 Å². The van der Waals surface area contributed by atoms with E-state index in [-0.39, 0.29) is 17.7 Å². The summed E-state index contributed by atoms with van der Waals surface area (Å²) in [4.78, 5) is 28.8. The number of piperidine rings is 1. The van der Waals surface area contributed by atoms with Crippen molar-refractivity contribution in [1.29, 1.82) is 0 Å². The molecule has 2 amide bonds. The van der Waals surface area contributed by atoms with Gasteiger partial charge in [0.15, 0.2) is 0 Å². The lowest BCUT2D eigenvalue weighted by Gasteiger charge is -2.33. The molecule has 4 nitrogen and oxygen atoms in total. The van der Waals surface area contributed by atoms with Gasteiger partial charge in [-0.05, 0) is 36.6 Å². The van der Waals surface area contributed by atoms with Crippen LogP contribution in [0, 0.1) is 5.92 Å². The smallest absolute Gasteiger partial charge is 0.254 e. The lowest BCUT2D eigenvalue weighted by atomic mass is 9.94. The van der Waals surface area contributed by atoms with E-state index >= 15 is 0 Å². The monoisotopic (exact) mass is 324 g/mol. The molecule has 1 aliphatic heterocycles. The molecule has 0 aromatic heterocycles. The molecule has 0 spiro atoms. The number of hydrogen-bond acceptors (Lipinski definition) is 2. The highest BCUT2D eigenvalue weighted by Crippen LogP contribution is 2.24. The van der Waals surface area contributed by atoms with E-state index in [4.69, 9.17) is 0 Å². The Morgan fingerprint density at radius 1 is 1.08 bits per heavy atom. The second kappa shape index (κ2) is 7.04. The molecular formula is C20H24N2O2. The van der Waals surface area contributed by atoms with Crippen molar-refractivity contribution in [1.82, 2.24) is 9.80 Å². The van der Waals surface area contributed by atoms with Crippen molar-refractivity contribution < 1.29 is 9.59 Å². The summed E-state index contributed by atoms with van der Waals surface area (Å²) in [6.45, 7) is 4.01. The largest absolute Gasteiger partial charge is 0.346 e. The van der Waals surface area contributed by atoms with Gasteiger partial charge in [-0.25, -0.2) is 0 Å². The molecule has 3 rings (SSSR count). The second-order valence-electron chi connectivity index (χ2n) is 6.45. The number of carbonyl (C=O) groups is 2. The van der Waals surface area contributed by atoms with Crippen molar-refractivity contribution in [2.75, 3.05) is 26.7 Å². The van der Waals surface area contributed by atoms with Crippen LogP contribution < -0.4 is 0 Å². The lowest BCUT2D eigenvalue weighted by molar-refractivity contribution is -0.135. The summed E-state index contributed by atoms with van der Waals surface area (Å²) in [7, 11) is 1.84. The summed E-state index contributed by atoms with van der Waals surface area (Å²) >= 11 is 0. The summed E-state index contributed by atoms with van der Waals surface area (Å²) in [5, 5.41) is 2.08. The van der Waals surface area contributed by atoms with Crippen molar-refractivity contribution in [3.8, 4) is 0 Å². The lowest BCUT2D eigenvalue weighted by Crippen LogP contribution is -2.43. The molecule has 2 aromatic rings. The van der Waals surface area contributed by atoms with Crippen molar-refractivity contribution >= 4 is 22.6 Å². The number of nitrogens with zero attached hydrogens (tertiary/aromatic N) is 2. The Labute approximate surface area is 143 Å². The fraction of sp³-hybridized carbons (Fsp3) is 0.400. The van der Waals surface area contributed by atoms with Crippen LogP contribution in [-0.2, 0) is 4.79 Å². The molecule has 1 saturated heterocycles. The molecule has 0 bridgehead atoms. The maximum Gasteiger partial charge on any atom is 0.254 e. The Bertz CT molecular complexity index is 743. The standard InChI is InChI=1S/C20H24N2O2/c1-3-21(2)19(23)16-11-13-22(14-12-16)20(24)18-10-6-8-15-7-4-5-9-17(15)18/h4-10,16H,3,11-14H2,1-2H3. The van der Waals surface area contributed by atoms with E-state index in [2.05, 4.69) is 0 Å². The molecule has 126 valence electrons. The molecule has 24 heavy (non-hydrogen) atoms. The Balaban J connectivity index is 1.72. The normalized spacial score (nSPS) is 15.5. The maximum absolute atomic E-state index is 12.9. The predicted molar refractivity (Wildman–Crippen MR) is 95.9 cm³/mol. The number of rotatable bonds is 3. The highest BCUT2D eigenvalue weighted by Gasteiger charge is 2.29. The SMILES string of the molecule is CCN(C)C(=O)C1CCN(C(=O)c2cccc3ccccc23)CC1. The van der Waals surface area contributed by atoms with Gasteiger partial charge < -0.3 is 9.80 Å². The number of carbonyl (C=O) groups excluding carboxylic acids is 2. The van der Waals surface area contributed by atoms with E-state index in [0.717, 1.165) is 35.7 Å². The zero-order valence-corrected chi connectivity index (χ0v) is 14.4. The van der Waals surface area contributed by atoms with Gasteiger partial charge in [0.2, 0.25) is 5.91 Å². The number of likely N-dealkylation sites (tertiary alicyclic amines) is 1. The van der Waals surface area contributed by atoms with Gasteiger partial charge in [0.05, 0.1) is 0 Å². The first-order valence-electron chi connectivity index (χ1n) is 8.64. The minimum absolute atomic E-state index is 0.0477. The van der Waals surface area contributed by atoms with Gasteiger partial charge in [-0.1, -0.05) is 36.4 Å². The average molecular weight is 324 g/mol. The highest BCUT2D eigenvalue weighted by molar-refractivity contribution is 6.07. The molecule has 1 aliphatic rings. The van der Waals surface area contributed by atoms with Gasteiger partial charge in [-0.2, -0.15) is 0 Å². The molecule has 0 saturated carbocycles. The summed E-state index contributed by atoms with van der Waals surface area (Å²) in [6, 6.07) is 13.8. The molecular weight excluding hydrogens is 300 g/mol. The van der Waals surface area contributed by atoms with E-state index in [1.54, 1.807) is 4.90 Å². The van der Waals surface area contributed by atoms with Crippen LogP contribution in [0.1, 0.15) is 30.1 Å². The molecule has 0 atom stereocenters. The van der Waals surface area contributed by atoms with Crippen LogP contribution in [0.5, 0.6) is 0 Å². The zero-order chi connectivity index (χ0) is 17.1. The van der Waals surface area contributed by atoms with Crippen LogP contribution in [0.2, 0.25) is 0 Å². The van der Waals surface area contributed by atoms with Gasteiger partial charge >= 0.3 is 0 Å². The number of benzene rings is 2. The number of hydrogen-bond donors (Lipinski definition) is 0. The molecule has 1 heterocycles. The number of fused-ring (bicyclic) bond motifs is 1. The van der Waals surface area contributed by atoms with Gasteiger partial charge in [0.1, 0.15) is 0 Å². The van der Waals surface area contributed by atoms with E-state index in [1.807, 2.05) is 61.3 Å². The Morgan fingerprint density at radius 3 is 2.46 bits per heavy atom. The minimum Gasteiger partial charge on any atom is -0.346 e. The Kier molecular flexibility index (Phi) is 4.84. The van der Waals surface area contributed by atoms with Crippen LogP contribution in [0.25, 0.3) is 10.8 Å². The molecule has 4 heteroatoms. The molecule has 2 aromatic carbocycles. The first kappa shape index (κ1) is 16.5.